The standard InChI is InChI=1S/C21H29N3O5/c1-13-16(18(25)29-12-11-28-6)17(23-20(27)24(13)5)14-7-9-15(10-8-14)22-19(26)21(2,3)4/h7-10,17H,11-12H2,1-6H3,(H,22,26)(H,23,27). The van der Waals surface area contributed by atoms with Crippen molar-refractivity contribution < 1.29 is 23.9 Å². The third kappa shape index (κ3) is 5.35. The zero-order chi connectivity index (χ0) is 21.8. The van der Waals surface area contributed by atoms with Crippen molar-refractivity contribution in [2.24, 2.45) is 5.41 Å². The summed E-state index contributed by atoms with van der Waals surface area (Å²) in [6.07, 6.45) is 0. The lowest BCUT2D eigenvalue weighted by atomic mass is 9.94. The maximum absolute atomic E-state index is 12.7. The molecule has 2 rings (SSSR count). The third-order valence-electron chi connectivity index (χ3n) is 4.68. The fourth-order valence-electron chi connectivity index (χ4n) is 2.72. The number of benzene rings is 1. The topological polar surface area (TPSA) is 97.0 Å². The predicted molar refractivity (Wildman–Crippen MR) is 109 cm³/mol. The maximum Gasteiger partial charge on any atom is 0.338 e. The van der Waals surface area contributed by atoms with Crippen molar-refractivity contribution in [3.8, 4) is 0 Å². The highest BCUT2D eigenvalue weighted by Crippen LogP contribution is 2.31. The van der Waals surface area contributed by atoms with Gasteiger partial charge in [0.1, 0.15) is 6.61 Å². The first-order valence-electron chi connectivity index (χ1n) is 9.38. The van der Waals surface area contributed by atoms with Gasteiger partial charge in [0.2, 0.25) is 5.91 Å². The minimum atomic E-state index is -0.652. The molecule has 1 aromatic rings. The summed E-state index contributed by atoms with van der Waals surface area (Å²) in [7, 11) is 3.12. The number of hydrogen-bond acceptors (Lipinski definition) is 5. The van der Waals surface area contributed by atoms with Gasteiger partial charge < -0.3 is 25.0 Å². The summed E-state index contributed by atoms with van der Waals surface area (Å²) in [5.74, 6) is -0.613. The molecule has 1 aliphatic heterocycles. The molecule has 1 heterocycles. The molecule has 0 fully saturated rings. The van der Waals surface area contributed by atoms with Crippen LogP contribution in [0.3, 0.4) is 0 Å². The summed E-state index contributed by atoms with van der Waals surface area (Å²) in [5.41, 5.74) is 1.71. The Morgan fingerprint density at radius 2 is 1.79 bits per heavy atom. The molecule has 0 spiro atoms. The summed E-state index contributed by atoms with van der Waals surface area (Å²) in [4.78, 5) is 38.5. The first-order valence-corrected chi connectivity index (χ1v) is 9.38. The number of hydrogen-bond donors (Lipinski definition) is 2. The van der Waals surface area contributed by atoms with E-state index < -0.39 is 17.4 Å². The van der Waals surface area contributed by atoms with E-state index in [1.165, 1.54) is 12.0 Å². The molecule has 1 atom stereocenters. The Balaban J connectivity index is 2.28. The van der Waals surface area contributed by atoms with E-state index in [4.69, 9.17) is 9.47 Å². The molecule has 0 saturated heterocycles. The van der Waals surface area contributed by atoms with Crippen molar-refractivity contribution in [2.75, 3.05) is 32.7 Å². The third-order valence-corrected chi connectivity index (χ3v) is 4.68. The number of nitrogens with zero attached hydrogens (tertiary/aromatic N) is 1. The maximum atomic E-state index is 12.7. The molecule has 0 aliphatic carbocycles. The van der Waals surface area contributed by atoms with E-state index in [2.05, 4.69) is 10.6 Å². The van der Waals surface area contributed by atoms with E-state index in [-0.39, 0.29) is 25.2 Å². The highest BCUT2D eigenvalue weighted by molar-refractivity contribution is 5.96. The van der Waals surface area contributed by atoms with Gasteiger partial charge in [0.15, 0.2) is 0 Å². The number of rotatable bonds is 6. The highest BCUT2D eigenvalue weighted by Gasteiger charge is 2.35. The monoisotopic (exact) mass is 403 g/mol. The molecule has 8 heteroatoms. The number of carbonyl (C=O) groups excluding carboxylic acids is 3. The van der Waals surface area contributed by atoms with Gasteiger partial charge >= 0.3 is 12.0 Å². The number of esters is 1. The van der Waals surface area contributed by atoms with Crippen molar-refractivity contribution in [3.63, 3.8) is 0 Å². The molecule has 0 bridgehead atoms. The Morgan fingerprint density at radius 3 is 2.34 bits per heavy atom. The second-order valence-corrected chi connectivity index (χ2v) is 7.90. The van der Waals surface area contributed by atoms with Gasteiger partial charge in [0.05, 0.1) is 18.2 Å². The lowest BCUT2D eigenvalue weighted by Crippen LogP contribution is -2.46. The van der Waals surface area contributed by atoms with Crippen LogP contribution in [0.25, 0.3) is 0 Å². The molecule has 29 heavy (non-hydrogen) atoms. The van der Waals surface area contributed by atoms with Gasteiger partial charge in [-0.15, -0.1) is 0 Å². The average Bonchev–Trinajstić information content (AvgIpc) is 2.65. The van der Waals surface area contributed by atoms with E-state index in [0.717, 1.165) is 0 Å². The van der Waals surface area contributed by atoms with Crippen LogP contribution < -0.4 is 10.6 Å². The fourth-order valence-corrected chi connectivity index (χ4v) is 2.72. The molecular weight excluding hydrogens is 374 g/mol. The Labute approximate surface area is 171 Å². The highest BCUT2D eigenvalue weighted by atomic mass is 16.6. The van der Waals surface area contributed by atoms with Crippen molar-refractivity contribution in [3.05, 3.63) is 41.1 Å². The lowest BCUT2D eigenvalue weighted by molar-refractivity contribution is -0.141. The largest absolute Gasteiger partial charge is 0.460 e. The van der Waals surface area contributed by atoms with Gasteiger partial charge in [-0.05, 0) is 24.6 Å². The van der Waals surface area contributed by atoms with Gasteiger partial charge in [-0.25, -0.2) is 9.59 Å². The van der Waals surface area contributed by atoms with E-state index in [1.54, 1.807) is 38.2 Å². The SMILES string of the molecule is COCCOC(=O)C1=C(C)N(C)C(=O)NC1c1ccc(NC(=O)C(C)(C)C)cc1. The van der Waals surface area contributed by atoms with Crippen LogP contribution in [0.2, 0.25) is 0 Å². The van der Waals surface area contributed by atoms with Crippen molar-refractivity contribution in [2.45, 2.75) is 33.7 Å². The van der Waals surface area contributed by atoms with E-state index in [1.807, 2.05) is 20.8 Å². The zero-order valence-electron chi connectivity index (χ0n) is 17.8. The van der Waals surface area contributed by atoms with Crippen molar-refractivity contribution >= 4 is 23.6 Å². The molecule has 1 aromatic carbocycles. The summed E-state index contributed by atoms with van der Waals surface area (Å²) in [6, 6.07) is 6.06. The molecule has 3 amide bonds. The number of methoxy groups -OCH3 is 1. The minimum Gasteiger partial charge on any atom is -0.460 e. The van der Waals surface area contributed by atoms with E-state index >= 15 is 0 Å². The predicted octanol–water partition coefficient (Wildman–Crippen LogP) is 2.83. The first-order chi connectivity index (χ1) is 13.6. The molecule has 8 nitrogen and oxygen atoms in total. The summed E-state index contributed by atoms with van der Waals surface area (Å²) in [5, 5.41) is 5.68. The first kappa shape index (κ1) is 22.4. The minimum absolute atomic E-state index is 0.101. The molecule has 0 aromatic heterocycles. The lowest BCUT2D eigenvalue weighted by Gasteiger charge is -2.33. The van der Waals surface area contributed by atoms with Crippen LogP contribution in [0.5, 0.6) is 0 Å². The van der Waals surface area contributed by atoms with E-state index in [9.17, 15) is 14.4 Å². The number of amides is 3. The summed E-state index contributed by atoms with van der Waals surface area (Å²) >= 11 is 0. The number of allylic oxidation sites excluding steroid dienone is 1. The molecule has 0 saturated carbocycles. The van der Waals surface area contributed by atoms with Crippen LogP contribution in [0.4, 0.5) is 10.5 Å². The quantitative estimate of drug-likeness (QED) is 0.562. The smallest absolute Gasteiger partial charge is 0.338 e. The summed E-state index contributed by atoms with van der Waals surface area (Å²) in [6.45, 7) is 7.61. The number of ether oxygens (including phenoxy) is 2. The zero-order valence-corrected chi connectivity index (χ0v) is 17.8. The fraction of sp³-hybridized carbons (Fsp3) is 0.476. The van der Waals surface area contributed by atoms with Crippen molar-refractivity contribution in [1.82, 2.24) is 10.2 Å². The molecule has 158 valence electrons. The van der Waals surface area contributed by atoms with Crippen LogP contribution in [0.1, 0.15) is 39.3 Å². The molecule has 1 aliphatic rings. The number of carbonyl (C=O) groups is 3. The number of anilines is 1. The van der Waals surface area contributed by atoms with Crippen LogP contribution in [0.15, 0.2) is 35.5 Å². The molecule has 0 radical (unpaired) electrons. The normalized spacial score (nSPS) is 17.1. The Bertz CT molecular complexity index is 809. The van der Waals surface area contributed by atoms with Gasteiger partial charge in [0, 0.05) is 31.0 Å². The van der Waals surface area contributed by atoms with Gasteiger partial charge in [0.25, 0.3) is 0 Å². The number of urea groups is 1. The van der Waals surface area contributed by atoms with Gasteiger partial charge in [-0.1, -0.05) is 32.9 Å². The van der Waals surface area contributed by atoms with Crippen molar-refractivity contribution in [1.29, 1.82) is 0 Å². The Hall–Kier alpha value is -2.87. The van der Waals surface area contributed by atoms with Gasteiger partial charge in [-0.2, -0.15) is 0 Å². The van der Waals surface area contributed by atoms with Gasteiger partial charge in [-0.3, -0.25) is 4.79 Å². The van der Waals surface area contributed by atoms with Crippen LogP contribution in [-0.4, -0.2) is 50.2 Å². The second-order valence-electron chi connectivity index (χ2n) is 7.90. The van der Waals surface area contributed by atoms with Crippen LogP contribution in [-0.2, 0) is 19.1 Å². The Morgan fingerprint density at radius 1 is 1.17 bits per heavy atom. The Kier molecular flexibility index (Phi) is 7.02. The number of nitrogens with one attached hydrogen (secondary N) is 2. The average molecular weight is 403 g/mol. The van der Waals surface area contributed by atoms with Crippen LogP contribution in [0, 0.1) is 5.41 Å². The molecular formula is C21H29N3O5. The van der Waals surface area contributed by atoms with Crippen LogP contribution >= 0.6 is 0 Å². The second kappa shape index (κ2) is 9.09. The molecule has 1 unspecified atom stereocenters. The summed E-state index contributed by atoms with van der Waals surface area (Å²) < 4.78 is 10.2. The molecule has 2 N–H and O–H groups in total. The van der Waals surface area contributed by atoms with E-state index in [0.29, 0.717) is 22.5 Å².